The number of aromatic hydroxyl groups is 1. The van der Waals surface area contributed by atoms with Crippen LogP contribution in [0.2, 0.25) is 0 Å². The van der Waals surface area contributed by atoms with E-state index in [0.717, 1.165) is 5.69 Å². The molecule has 0 aliphatic carbocycles. The zero-order chi connectivity index (χ0) is 27.8. The van der Waals surface area contributed by atoms with E-state index in [4.69, 9.17) is 0 Å². The van der Waals surface area contributed by atoms with E-state index in [-0.39, 0.29) is 23.8 Å². The normalized spacial score (nSPS) is 11.5. The van der Waals surface area contributed by atoms with E-state index >= 15 is 0 Å². The van der Waals surface area contributed by atoms with Gasteiger partial charge in [-0.3, -0.25) is 19.3 Å². The van der Waals surface area contributed by atoms with E-state index in [1.807, 2.05) is 13.0 Å². The van der Waals surface area contributed by atoms with Gasteiger partial charge in [-0.05, 0) is 55.8 Å². The molecule has 0 fully saturated rings. The van der Waals surface area contributed by atoms with Crippen LogP contribution >= 0.6 is 0 Å². The number of benzene rings is 2. The van der Waals surface area contributed by atoms with Crippen LogP contribution in [0.3, 0.4) is 0 Å². The summed E-state index contributed by atoms with van der Waals surface area (Å²) in [5, 5.41) is 26.6. The average molecular weight is 542 g/mol. The van der Waals surface area contributed by atoms with Crippen molar-refractivity contribution in [3.8, 4) is 17.6 Å². The molecule has 2 heterocycles. The number of aryl methyl sites for hydroxylation is 2. The molecule has 0 spiro atoms. The van der Waals surface area contributed by atoms with Crippen LogP contribution in [0.5, 0.6) is 5.75 Å². The van der Waals surface area contributed by atoms with Crippen LogP contribution in [0, 0.1) is 18.8 Å². The monoisotopic (exact) mass is 541 g/mol. The predicted octanol–water partition coefficient (Wildman–Crippen LogP) is 3.86. The molecular formula is C29H27N5O4S. The van der Waals surface area contributed by atoms with Gasteiger partial charge in [-0.25, -0.2) is 0 Å². The van der Waals surface area contributed by atoms with E-state index in [1.54, 1.807) is 67.8 Å². The Kier molecular flexibility index (Phi) is 8.99. The van der Waals surface area contributed by atoms with Gasteiger partial charge in [0.25, 0.3) is 11.8 Å². The Morgan fingerprint density at radius 2 is 1.85 bits per heavy atom. The number of aliphatic hydroxyl groups is 1. The fraction of sp³-hybridized carbons (Fsp3) is 0.172. The number of phenols is 1. The topological polar surface area (TPSA) is 130 Å². The fourth-order valence-electron chi connectivity index (χ4n) is 3.68. The molecule has 3 N–H and O–H groups in total. The van der Waals surface area contributed by atoms with E-state index < -0.39 is 16.6 Å². The maximum atomic E-state index is 13.0. The van der Waals surface area contributed by atoms with Crippen molar-refractivity contribution < 1.29 is 19.8 Å². The number of pyridine rings is 1. The number of anilines is 1. The van der Waals surface area contributed by atoms with E-state index in [1.165, 1.54) is 10.9 Å². The second-order valence-corrected chi connectivity index (χ2v) is 10.3. The van der Waals surface area contributed by atoms with Gasteiger partial charge in [0.1, 0.15) is 11.4 Å². The lowest BCUT2D eigenvalue weighted by Crippen LogP contribution is -2.16. The summed E-state index contributed by atoms with van der Waals surface area (Å²) in [6.07, 6.45) is 3.42. The highest BCUT2D eigenvalue weighted by atomic mass is 32.2. The molecule has 1 unspecified atom stereocenters. The number of hydrogen-bond donors (Lipinski definition) is 3. The van der Waals surface area contributed by atoms with Gasteiger partial charge in [0.15, 0.2) is 0 Å². The largest absolute Gasteiger partial charge is 0.507 e. The number of para-hydroxylation sites is 1. The molecule has 1 atom stereocenters. The Hall–Kier alpha value is -4.59. The van der Waals surface area contributed by atoms with Gasteiger partial charge in [0, 0.05) is 48.6 Å². The number of rotatable bonds is 7. The highest BCUT2D eigenvalue weighted by Crippen LogP contribution is 2.23. The van der Waals surface area contributed by atoms with Crippen molar-refractivity contribution in [2.75, 3.05) is 17.7 Å². The zero-order valence-corrected chi connectivity index (χ0v) is 22.3. The Morgan fingerprint density at radius 3 is 2.59 bits per heavy atom. The second-order valence-electron chi connectivity index (χ2n) is 8.55. The number of amides is 2. The summed E-state index contributed by atoms with van der Waals surface area (Å²) in [6.45, 7) is 1.78. The van der Waals surface area contributed by atoms with Crippen molar-refractivity contribution in [3.05, 3.63) is 101 Å². The average Bonchev–Trinajstić information content (AvgIpc) is 3.28. The third kappa shape index (κ3) is 7.25. The van der Waals surface area contributed by atoms with Crippen LogP contribution in [0.25, 0.3) is 0 Å². The molecule has 0 radical (unpaired) electrons. The lowest BCUT2D eigenvalue weighted by molar-refractivity contribution is 0.1000. The zero-order valence-electron chi connectivity index (χ0n) is 21.5. The molecule has 4 rings (SSSR count). The van der Waals surface area contributed by atoms with Gasteiger partial charge < -0.3 is 15.5 Å². The molecule has 0 saturated carbocycles. The van der Waals surface area contributed by atoms with Gasteiger partial charge >= 0.3 is 0 Å². The molecule has 9 nitrogen and oxygen atoms in total. The van der Waals surface area contributed by atoms with Crippen LogP contribution in [0.15, 0.2) is 82.3 Å². The van der Waals surface area contributed by atoms with E-state index in [9.17, 15) is 19.8 Å². The van der Waals surface area contributed by atoms with Crippen molar-refractivity contribution in [3.63, 3.8) is 0 Å². The SMILES string of the molecule is Cc1cc(C(=O)Nc2cccc(C#Cc3cncc(C(=O)N=S(CCCO)c4ccccc4O)c3)c2)n(C)n1. The Morgan fingerprint density at radius 1 is 1.05 bits per heavy atom. The summed E-state index contributed by atoms with van der Waals surface area (Å²) >= 11 is 0. The second kappa shape index (κ2) is 12.8. The minimum Gasteiger partial charge on any atom is -0.507 e. The number of phenolic OH excluding ortho intramolecular Hbond substituents is 1. The molecule has 2 amide bonds. The maximum Gasteiger partial charge on any atom is 0.284 e. The molecular weight excluding hydrogens is 514 g/mol. The first-order valence-corrected chi connectivity index (χ1v) is 13.4. The van der Waals surface area contributed by atoms with Crippen molar-refractivity contribution in [1.29, 1.82) is 0 Å². The lowest BCUT2D eigenvalue weighted by atomic mass is 10.1. The van der Waals surface area contributed by atoms with Gasteiger partial charge in [0.05, 0.1) is 16.2 Å². The molecule has 198 valence electrons. The Bertz CT molecular complexity index is 1620. The molecule has 39 heavy (non-hydrogen) atoms. The third-order valence-electron chi connectivity index (χ3n) is 5.50. The summed E-state index contributed by atoms with van der Waals surface area (Å²) in [7, 11) is 0.783. The highest BCUT2D eigenvalue weighted by molar-refractivity contribution is 7.87. The maximum absolute atomic E-state index is 13.0. The lowest BCUT2D eigenvalue weighted by Gasteiger charge is -2.09. The smallest absolute Gasteiger partial charge is 0.284 e. The van der Waals surface area contributed by atoms with Crippen LogP contribution in [-0.4, -0.2) is 49.2 Å². The van der Waals surface area contributed by atoms with E-state index in [0.29, 0.717) is 39.6 Å². The fourth-order valence-corrected chi connectivity index (χ4v) is 5.34. The Labute approximate surface area is 228 Å². The quantitative estimate of drug-likeness (QED) is 0.305. The highest BCUT2D eigenvalue weighted by Gasteiger charge is 2.13. The number of carbonyl (C=O) groups excluding carboxylic acids is 2. The van der Waals surface area contributed by atoms with Crippen LogP contribution in [0.4, 0.5) is 5.69 Å². The molecule has 0 aliphatic heterocycles. The van der Waals surface area contributed by atoms with Crippen molar-refractivity contribution in [2.24, 2.45) is 11.4 Å². The molecule has 0 aliphatic rings. The molecule has 0 bridgehead atoms. The van der Waals surface area contributed by atoms with Gasteiger partial charge in [-0.15, -0.1) is 0 Å². The molecule has 2 aromatic heterocycles. The van der Waals surface area contributed by atoms with E-state index in [2.05, 4.69) is 31.6 Å². The van der Waals surface area contributed by atoms with Gasteiger partial charge in [-0.1, -0.05) is 40.7 Å². The molecule has 10 heteroatoms. The number of carbonyl (C=O) groups is 2. The first kappa shape index (κ1) is 27.4. The molecule has 2 aromatic carbocycles. The number of nitrogens with zero attached hydrogens (tertiary/aromatic N) is 4. The van der Waals surface area contributed by atoms with Crippen LogP contribution in [-0.2, 0) is 17.7 Å². The molecule has 0 saturated heterocycles. The van der Waals surface area contributed by atoms with Gasteiger partial charge in [0.2, 0.25) is 0 Å². The van der Waals surface area contributed by atoms with Crippen LogP contribution < -0.4 is 5.32 Å². The van der Waals surface area contributed by atoms with Crippen LogP contribution in [0.1, 0.15) is 44.1 Å². The van der Waals surface area contributed by atoms with Crippen molar-refractivity contribution >= 4 is 28.2 Å². The third-order valence-corrected chi connectivity index (χ3v) is 7.41. The predicted molar refractivity (Wildman–Crippen MR) is 150 cm³/mol. The number of hydrogen-bond acceptors (Lipinski definition) is 6. The Balaban J connectivity index is 1.52. The summed E-state index contributed by atoms with van der Waals surface area (Å²) in [4.78, 5) is 30.3. The number of nitrogens with one attached hydrogen (secondary N) is 1. The minimum absolute atomic E-state index is 0.0404. The van der Waals surface area contributed by atoms with Gasteiger partial charge in [-0.2, -0.15) is 9.46 Å². The summed E-state index contributed by atoms with van der Waals surface area (Å²) in [6, 6.07) is 17.2. The summed E-state index contributed by atoms with van der Waals surface area (Å²) in [5.41, 5.74) is 3.25. The summed E-state index contributed by atoms with van der Waals surface area (Å²) in [5.74, 6) is 5.78. The first-order chi connectivity index (χ1) is 18.8. The van der Waals surface area contributed by atoms with Crippen molar-refractivity contribution in [2.45, 2.75) is 18.2 Å². The standard InChI is InChI=1S/C29H27N5O4S/c1-20-15-25(34(2)32-20)29(38)31-24-8-5-7-21(17-24)11-12-22-16-23(19-30-18-22)28(37)33-39(14-6-13-35)27-10-4-3-9-26(27)36/h3-5,7-10,15-19,35-36H,6,13-14H2,1-2H3,(H,31,38). The first-order valence-electron chi connectivity index (χ1n) is 12.1. The number of aliphatic hydroxyl groups excluding tert-OH is 1. The van der Waals surface area contributed by atoms with Crippen molar-refractivity contribution in [1.82, 2.24) is 14.8 Å². The molecule has 4 aromatic rings. The summed E-state index contributed by atoms with van der Waals surface area (Å²) < 4.78 is 5.86. The number of aromatic nitrogens is 3. The minimum atomic E-state index is -0.930.